The van der Waals surface area contributed by atoms with Gasteiger partial charge in [0, 0.05) is 13.1 Å². The number of carbonyl (C=O) groups excluding carboxylic acids is 1. The quantitative estimate of drug-likeness (QED) is 0.822. The van der Waals surface area contributed by atoms with E-state index in [-0.39, 0.29) is 23.8 Å². The van der Waals surface area contributed by atoms with Gasteiger partial charge >= 0.3 is 0 Å². The molecule has 1 aromatic carbocycles. The lowest BCUT2D eigenvalue weighted by Gasteiger charge is -2.19. The first-order chi connectivity index (χ1) is 8.43. The summed E-state index contributed by atoms with van der Waals surface area (Å²) in [6.45, 7) is 2.47. The molecule has 1 fully saturated rings. The number of likely N-dealkylation sites (tertiary alicyclic amines) is 1. The van der Waals surface area contributed by atoms with Crippen LogP contribution in [0.4, 0.5) is 0 Å². The van der Waals surface area contributed by atoms with Gasteiger partial charge in [0.1, 0.15) is 11.5 Å². The Morgan fingerprint density at radius 3 is 2.78 bits per heavy atom. The second kappa shape index (κ2) is 4.49. The van der Waals surface area contributed by atoms with Crippen molar-refractivity contribution in [1.29, 1.82) is 0 Å². The van der Waals surface area contributed by atoms with Gasteiger partial charge in [0.05, 0.1) is 18.3 Å². The average molecular weight is 251 g/mol. The fraction of sp³-hybridized carbons (Fsp3) is 0.462. The van der Waals surface area contributed by atoms with E-state index in [9.17, 15) is 15.0 Å². The van der Waals surface area contributed by atoms with Crippen molar-refractivity contribution in [3.8, 4) is 11.5 Å². The summed E-state index contributed by atoms with van der Waals surface area (Å²) in [4.78, 5) is 13.8. The molecule has 0 saturated carbocycles. The number of hydrogen-bond acceptors (Lipinski definition) is 4. The number of aromatic hydroxyl groups is 1. The van der Waals surface area contributed by atoms with E-state index in [1.54, 1.807) is 13.0 Å². The highest BCUT2D eigenvalue weighted by atomic mass is 16.5. The van der Waals surface area contributed by atoms with Crippen LogP contribution < -0.4 is 4.74 Å². The maximum atomic E-state index is 12.2. The molecule has 1 heterocycles. The molecule has 1 amide bonds. The van der Waals surface area contributed by atoms with E-state index < -0.39 is 5.60 Å². The summed E-state index contributed by atoms with van der Waals surface area (Å²) in [5.74, 6) is 0.152. The molecule has 5 nitrogen and oxygen atoms in total. The lowest BCUT2D eigenvalue weighted by molar-refractivity contribution is 0.0570. The van der Waals surface area contributed by atoms with Crippen LogP contribution in [0.3, 0.4) is 0 Å². The number of carbonyl (C=O) groups is 1. The number of rotatable bonds is 2. The van der Waals surface area contributed by atoms with Gasteiger partial charge < -0.3 is 19.8 Å². The normalized spacial score (nSPS) is 23.2. The third-order valence-electron chi connectivity index (χ3n) is 3.17. The van der Waals surface area contributed by atoms with Crippen LogP contribution >= 0.6 is 0 Å². The molecule has 1 saturated heterocycles. The van der Waals surface area contributed by atoms with Crippen LogP contribution in [-0.2, 0) is 0 Å². The summed E-state index contributed by atoms with van der Waals surface area (Å²) in [5, 5.41) is 19.6. The molecule has 1 aliphatic rings. The van der Waals surface area contributed by atoms with Gasteiger partial charge in [-0.05, 0) is 31.5 Å². The largest absolute Gasteiger partial charge is 0.507 e. The zero-order chi connectivity index (χ0) is 13.3. The Hall–Kier alpha value is -1.75. The number of aliphatic hydroxyl groups is 1. The molecule has 0 aromatic heterocycles. The van der Waals surface area contributed by atoms with Gasteiger partial charge in [-0.1, -0.05) is 0 Å². The van der Waals surface area contributed by atoms with Crippen LogP contribution in [-0.4, -0.2) is 46.8 Å². The first-order valence-electron chi connectivity index (χ1n) is 5.81. The number of ether oxygens (including phenoxy) is 1. The summed E-state index contributed by atoms with van der Waals surface area (Å²) < 4.78 is 5.03. The van der Waals surface area contributed by atoms with Crippen molar-refractivity contribution < 1.29 is 19.7 Å². The number of hydrogen-bond donors (Lipinski definition) is 2. The Kier molecular flexibility index (Phi) is 3.17. The average Bonchev–Trinajstić information content (AvgIpc) is 2.69. The Labute approximate surface area is 106 Å². The van der Waals surface area contributed by atoms with Crippen molar-refractivity contribution >= 4 is 5.91 Å². The highest BCUT2D eigenvalue weighted by Gasteiger charge is 2.35. The summed E-state index contributed by atoms with van der Waals surface area (Å²) in [7, 11) is 1.50. The highest BCUT2D eigenvalue weighted by molar-refractivity contribution is 5.97. The maximum absolute atomic E-state index is 12.2. The number of β-amino-alcohol motifs (C(OH)–C–C–N with tert-alkyl or cyclic N) is 1. The number of phenols is 1. The van der Waals surface area contributed by atoms with Gasteiger partial charge in [-0.2, -0.15) is 0 Å². The molecule has 2 N–H and O–H groups in total. The van der Waals surface area contributed by atoms with Crippen molar-refractivity contribution in [2.45, 2.75) is 18.9 Å². The summed E-state index contributed by atoms with van der Waals surface area (Å²) in [6, 6.07) is 4.53. The van der Waals surface area contributed by atoms with Crippen molar-refractivity contribution in [3.05, 3.63) is 23.8 Å². The third kappa shape index (κ3) is 2.41. The summed E-state index contributed by atoms with van der Waals surface area (Å²) in [6.07, 6.45) is 0.545. The molecule has 0 spiro atoms. The third-order valence-corrected chi connectivity index (χ3v) is 3.17. The number of nitrogens with zero attached hydrogens (tertiary/aromatic N) is 1. The minimum absolute atomic E-state index is 0.0765. The van der Waals surface area contributed by atoms with Crippen LogP contribution in [0, 0.1) is 0 Å². The van der Waals surface area contributed by atoms with E-state index in [1.807, 2.05) is 0 Å². The lowest BCUT2D eigenvalue weighted by atomic mass is 10.1. The molecule has 5 heteroatoms. The molecule has 18 heavy (non-hydrogen) atoms. The van der Waals surface area contributed by atoms with Crippen LogP contribution in [0.15, 0.2) is 18.2 Å². The SMILES string of the molecule is COc1ccc(O)c(C(=O)N2CCC(C)(O)C2)c1. The first kappa shape index (κ1) is 12.7. The van der Waals surface area contributed by atoms with Gasteiger partial charge in [0.15, 0.2) is 0 Å². The fourth-order valence-corrected chi connectivity index (χ4v) is 2.10. The second-order valence-electron chi connectivity index (χ2n) is 4.86. The molecular formula is C13H17NO4. The van der Waals surface area contributed by atoms with Gasteiger partial charge in [0.2, 0.25) is 0 Å². The molecular weight excluding hydrogens is 234 g/mol. The molecule has 1 aromatic rings. The molecule has 0 radical (unpaired) electrons. The van der Waals surface area contributed by atoms with Gasteiger partial charge in [-0.25, -0.2) is 0 Å². The monoisotopic (exact) mass is 251 g/mol. The molecule has 1 atom stereocenters. The van der Waals surface area contributed by atoms with Crippen molar-refractivity contribution in [2.75, 3.05) is 20.2 Å². The van der Waals surface area contributed by atoms with E-state index in [4.69, 9.17) is 4.74 Å². The Morgan fingerprint density at radius 1 is 1.50 bits per heavy atom. The van der Waals surface area contributed by atoms with Crippen molar-refractivity contribution in [1.82, 2.24) is 4.90 Å². The lowest BCUT2D eigenvalue weighted by Crippen LogP contribution is -2.33. The fourth-order valence-electron chi connectivity index (χ4n) is 2.10. The number of phenolic OH excluding ortho intramolecular Hbond substituents is 1. The maximum Gasteiger partial charge on any atom is 0.257 e. The molecule has 0 aliphatic carbocycles. The van der Waals surface area contributed by atoms with Crippen molar-refractivity contribution in [3.63, 3.8) is 0 Å². The van der Waals surface area contributed by atoms with Crippen molar-refractivity contribution in [2.24, 2.45) is 0 Å². The standard InChI is InChI=1S/C13H17NO4/c1-13(17)5-6-14(8-13)12(16)10-7-9(18-2)3-4-11(10)15/h3-4,7,15,17H,5-6,8H2,1-2H3. The van der Waals surface area contributed by atoms with E-state index in [2.05, 4.69) is 0 Å². The zero-order valence-corrected chi connectivity index (χ0v) is 10.5. The second-order valence-corrected chi connectivity index (χ2v) is 4.86. The zero-order valence-electron chi connectivity index (χ0n) is 10.5. The minimum Gasteiger partial charge on any atom is -0.507 e. The molecule has 1 unspecified atom stereocenters. The smallest absolute Gasteiger partial charge is 0.257 e. The Balaban J connectivity index is 2.24. The van der Waals surface area contributed by atoms with Crippen LogP contribution in [0.2, 0.25) is 0 Å². The van der Waals surface area contributed by atoms with E-state index in [0.29, 0.717) is 18.7 Å². The van der Waals surface area contributed by atoms with E-state index >= 15 is 0 Å². The minimum atomic E-state index is -0.843. The molecule has 0 bridgehead atoms. The Bertz CT molecular complexity index is 470. The van der Waals surface area contributed by atoms with Crippen LogP contribution in [0.1, 0.15) is 23.7 Å². The number of methoxy groups -OCH3 is 1. The molecule has 2 rings (SSSR count). The van der Waals surface area contributed by atoms with Gasteiger partial charge in [-0.3, -0.25) is 4.79 Å². The predicted molar refractivity (Wildman–Crippen MR) is 65.8 cm³/mol. The highest BCUT2D eigenvalue weighted by Crippen LogP contribution is 2.27. The topological polar surface area (TPSA) is 70.0 Å². The number of benzene rings is 1. The van der Waals surface area contributed by atoms with Gasteiger partial charge in [-0.15, -0.1) is 0 Å². The van der Waals surface area contributed by atoms with Crippen LogP contribution in [0.5, 0.6) is 11.5 Å². The summed E-state index contributed by atoms with van der Waals surface area (Å²) >= 11 is 0. The van der Waals surface area contributed by atoms with E-state index in [0.717, 1.165) is 0 Å². The molecule has 98 valence electrons. The number of amides is 1. The van der Waals surface area contributed by atoms with Gasteiger partial charge in [0.25, 0.3) is 5.91 Å². The molecule has 1 aliphatic heterocycles. The van der Waals surface area contributed by atoms with Crippen LogP contribution in [0.25, 0.3) is 0 Å². The summed E-state index contributed by atoms with van der Waals surface area (Å²) in [5.41, 5.74) is -0.642. The predicted octanol–water partition coefficient (Wildman–Crippen LogP) is 0.998. The van der Waals surface area contributed by atoms with E-state index in [1.165, 1.54) is 24.1 Å². The first-order valence-corrected chi connectivity index (χ1v) is 5.81. The Morgan fingerprint density at radius 2 is 2.22 bits per heavy atom.